The molecule has 0 radical (unpaired) electrons. The first-order valence-electron chi connectivity index (χ1n) is 6.01. The van der Waals surface area contributed by atoms with Crippen LogP contribution in [0.1, 0.15) is 13.8 Å². The average molecular weight is 319 g/mol. The van der Waals surface area contributed by atoms with Gasteiger partial charge in [0.1, 0.15) is 0 Å². The second-order valence-corrected chi connectivity index (χ2v) is 5.33. The van der Waals surface area contributed by atoms with E-state index in [1.165, 1.54) is 4.90 Å². The van der Waals surface area contributed by atoms with E-state index in [1.807, 2.05) is 13.8 Å². The molecule has 110 valence electrons. The van der Waals surface area contributed by atoms with Gasteiger partial charge < -0.3 is 10.4 Å². The number of halogens is 2. The van der Waals surface area contributed by atoms with Gasteiger partial charge in [-0.1, -0.05) is 29.3 Å². The van der Waals surface area contributed by atoms with E-state index in [0.717, 1.165) is 0 Å². The van der Waals surface area contributed by atoms with Crippen LogP contribution >= 0.6 is 23.2 Å². The van der Waals surface area contributed by atoms with Crippen molar-refractivity contribution in [3.05, 3.63) is 28.2 Å². The van der Waals surface area contributed by atoms with Gasteiger partial charge in [-0.25, -0.2) is 0 Å². The molecule has 1 rings (SSSR count). The van der Waals surface area contributed by atoms with Crippen LogP contribution in [0.15, 0.2) is 18.2 Å². The molecule has 0 heterocycles. The van der Waals surface area contributed by atoms with Gasteiger partial charge in [-0.05, 0) is 26.0 Å². The summed E-state index contributed by atoms with van der Waals surface area (Å²) in [4.78, 5) is 24.2. The van der Waals surface area contributed by atoms with Crippen LogP contribution in [0.4, 0.5) is 5.69 Å². The Balaban J connectivity index is 2.70. The fourth-order valence-corrected chi connectivity index (χ4v) is 1.92. The molecule has 0 fully saturated rings. The third-order valence-electron chi connectivity index (χ3n) is 2.64. The molecule has 2 N–H and O–H groups in total. The van der Waals surface area contributed by atoms with Crippen molar-refractivity contribution in [3.63, 3.8) is 0 Å². The van der Waals surface area contributed by atoms with Crippen molar-refractivity contribution in [3.8, 4) is 0 Å². The third kappa shape index (κ3) is 5.00. The summed E-state index contributed by atoms with van der Waals surface area (Å²) in [6.45, 7) is 3.41. The van der Waals surface area contributed by atoms with E-state index in [0.29, 0.717) is 10.7 Å². The van der Waals surface area contributed by atoms with Gasteiger partial charge in [-0.2, -0.15) is 0 Å². The Hall–Kier alpha value is -1.30. The summed E-state index contributed by atoms with van der Waals surface area (Å²) >= 11 is 11.8. The van der Waals surface area contributed by atoms with Crippen LogP contribution in [0.5, 0.6) is 0 Å². The van der Waals surface area contributed by atoms with Gasteiger partial charge in [-0.15, -0.1) is 0 Å². The molecular formula is C13H16Cl2N2O3. The number of carbonyl (C=O) groups is 2. The van der Waals surface area contributed by atoms with Gasteiger partial charge in [-0.3, -0.25) is 14.5 Å². The number of nitrogens with zero attached hydrogens (tertiary/aromatic N) is 1. The highest BCUT2D eigenvalue weighted by molar-refractivity contribution is 6.43. The second kappa shape index (κ2) is 7.47. The quantitative estimate of drug-likeness (QED) is 0.846. The van der Waals surface area contributed by atoms with Crippen molar-refractivity contribution in [2.75, 3.05) is 18.4 Å². The molecule has 0 unspecified atom stereocenters. The van der Waals surface area contributed by atoms with Crippen LogP contribution in [0.3, 0.4) is 0 Å². The first-order valence-corrected chi connectivity index (χ1v) is 6.76. The normalized spacial score (nSPS) is 10.9. The Morgan fingerprint density at radius 1 is 1.30 bits per heavy atom. The number of benzene rings is 1. The largest absolute Gasteiger partial charge is 0.480 e. The topological polar surface area (TPSA) is 69.6 Å². The number of carboxylic acid groups (broad SMARTS) is 1. The summed E-state index contributed by atoms with van der Waals surface area (Å²) < 4.78 is 0. The van der Waals surface area contributed by atoms with Crippen molar-refractivity contribution in [1.29, 1.82) is 0 Å². The van der Waals surface area contributed by atoms with Crippen LogP contribution < -0.4 is 5.32 Å². The minimum absolute atomic E-state index is 0.0349. The summed E-state index contributed by atoms with van der Waals surface area (Å²) in [5, 5.41) is 12.0. The van der Waals surface area contributed by atoms with Gasteiger partial charge in [0.2, 0.25) is 5.91 Å². The molecule has 7 heteroatoms. The van der Waals surface area contributed by atoms with E-state index in [9.17, 15) is 9.59 Å². The predicted molar refractivity (Wildman–Crippen MR) is 79.4 cm³/mol. The van der Waals surface area contributed by atoms with Crippen LogP contribution in [0.2, 0.25) is 10.0 Å². The van der Waals surface area contributed by atoms with Crippen molar-refractivity contribution in [1.82, 2.24) is 4.90 Å². The molecule has 0 spiro atoms. The fraction of sp³-hybridized carbons (Fsp3) is 0.385. The molecule has 0 aliphatic rings. The van der Waals surface area contributed by atoms with Gasteiger partial charge >= 0.3 is 5.97 Å². The van der Waals surface area contributed by atoms with Crippen LogP contribution in [-0.2, 0) is 9.59 Å². The molecule has 0 bridgehead atoms. The fourth-order valence-electron chi connectivity index (χ4n) is 1.57. The minimum atomic E-state index is -0.979. The molecule has 0 atom stereocenters. The summed E-state index contributed by atoms with van der Waals surface area (Å²) in [5.74, 6) is -1.32. The van der Waals surface area contributed by atoms with Crippen LogP contribution in [0.25, 0.3) is 0 Å². The molecule has 0 aliphatic carbocycles. The van der Waals surface area contributed by atoms with Crippen molar-refractivity contribution in [2.45, 2.75) is 19.9 Å². The summed E-state index contributed by atoms with van der Waals surface area (Å²) in [6, 6.07) is 4.85. The Morgan fingerprint density at radius 3 is 2.50 bits per heavy atom. The molecule has 20 heavy (non-hydrogen) atoms. The maximum atomic E-state index is 11.9. The number of hydrogen-bond acceptors (Lipinski definition) is 3. The highest BCUT2D eigenvalue weighted by atomic mass is 35.5. The second-order valence-electron chi connectivity index (χ2n) is 4.54. The number of carbonyl (C=O) groups excluding carboxylic acids is 1. The maximum Gasteiger partial charge on any atom is 0.317 e. The first kappa shape index (κ1) is 16.8. The number of hydrogen-bond donors (Lipinski definition) is 2. The van der Waals surface area contributed by atoms with Crippen molar-refractivity contribution < 1.29 is 14.7 Å². The minimum Gasteiger partial charge on any atom is -0.480 e. The Morgan fingerprint density at radius 2 is 1.95 bits per heavy atom. The lowest BCUT2D eigenvalue weighted by atomic mass is 10.3. The van der Waals surface area contributed by atoms with E-state index in [4.69, 9.17) is 28.3 Å². The zero-order valence-corrected chi connectivity index (χ0v) is 12.7. The van der Waals surface area contributed by atoms with E-state index >= 15 is 0 Å². The van der Waals surface area contributed by atoms with E-state index in [2.05, 4.69) is 5.32 Å². The summed E-state index contributed by atoms with van der Waals surface area (Å²) in [6.07, 6.45) is 0. The number of anilines is 1. The summed E-state index contributed by atoms with van der Waals surface area (Å²) in [7, 11) is 0. The van der Waals surface area contributed by atoms with Gasteiger partial charge in [0, 0.05) is 6.04 Å². The number of rotatable bonds is 6. The van der Waals surface area contributed by atoms with Crippen LogP contribution in [0, 0.1) is 0 Å². The zero-order chi connectivity index (χ0) is 15.3. The molecule has 0 aromatic heterocycles. The Kier molecular flexibility index (Phi) is 6.26. The highest BCUT2D eigenvalue weighted by Gasteiger charge is 2.17. The Bertz CT molecular complexity index is 506. The highest BCUT2D eigenvalue weighted by Crippen LogP contribution is 2.29. The van der Waals surface area contributed by atoms with Gasteiger partial charge in [0.25, 0.3) is 0 Å². The van der Waals surface area contributed by atoms with Gasteiger partial charge in [0.05, 0.1) is 28.8 Å². The van der Waals surface area contributed by atoms with E-state index < -0.39 is 5.97 Å². The number of aliphatic carboxylic acids is 1. The first-order chi connectivity index (χ1) is 9.31. The maximum absolute atomic E-state index is 11.9. The average Bonchev–Trinajstić information content (AvgIpc) is 2.33. The smallest absolute Gasteiger partial charge is 0.317 e. The van der Waals surface area contributed by atoms with E-state index in [1.54, 1.807) is 18.2 Å². The molecule has 1 aromatic carbocycles. The molecule has 0 saturated carbocycles. The van der Waals surface area contributed by atoms with Gasteiger partial charge in [0.15, 0.2) is 0 Å². The number of amides is 1. The van der Waals surface area contributed by atoms with Crippen molar-refractivity contribution in [2.24, 2.45) is 0 Å². The lowest BCUT2D eigenvalue weighted by Crippen LogP contribution is -2.41. The van der Waals surface area contributed by atoms with Crippen LogP contribution in [-0.4, -0.2) is 41.0 Å². The predicted octanol–water partition coefficient (Wildman–Crippen LogP) is 2.73. The van der Waals surface area contributed by atoms with Crippen molar-refractivity contribution >= 4 is 40.8 Å². The molecule has 1 amide bonds. The molecule has 0 aliphatic heterocycles. The number of nitrogens with one attached hydrogen (secondary N) is 1. The lowest BCUT2D eigenvalue weighted by Gasteiger charge is -2.23. The Labute approximate surface area is 127 Å². The lowest BCUT2D eigenvalue weighted by molar-refractivity contribution is -0.139. The van der Waals surface area contributed by atoms with E-state index in [-0.39, 0.29) is 30.1 Å². The third-order valence-corrected chi connectivity index (χ3v) is 3.46. The SMILES string of the molecule is CC(C)N(CC(=O)O)CC(=O)Nc1cccc(Cl)c1Cl. The molecule has 1 aromatic rings. The standard InChI is InChI=1S/C13H16Cl2N2O3/c1-8(2)17(7-12(19)20)6-11(18)16-10-5-3-4-9(14)13(10)15/h3-5,8H,6-7H2,1-2H3,(H,16,18)(H,19,20). The number of carboxylic acids is 1. The molecule has 0 saturated heterocycles. The zero-order valence-electron chi connectivity index (χ0n) is 11.2. The molecular weight excluding hydrogens is 303 g/mol. The molecule has 5 nitrogen and oxygen atoms in total. The monoisotopic (exact) mass is 318 g/mol. The summed E-state index contributed by atoms with van der Waals surface area (Å²) in [5.41, 5.74) is 0.406.